The summed E-state index contributed by atoms with van der Waals surface area (Å²) in [5.74, 6) is 0.0904. The fraction of sp³-hybridized carbons (Fsp3) is 0.190. The largest absolute Gasteiger partial charge is 0.352 e. The van der Waals surface area contributed by atoms with Crippen molar-refractivity contribution in [2.75, 3.05) is 11.9 Å². The molecule has 0 atom stereocenters. The minimum Gasteiger partial charge on any atom is -0.352 e. The van der Waals surface area contributed by atoms with E-state index in [1.54, 1.807) is 47.3 Å². The quantitative estimate of drug-likeness (QED) is 0.586. The number of carbonyl (C=O) groups excluding carboxylic acids is 2. The molecule has 0 spiro atoms. The van der Waals surface area contributed by atoms with E-state index in [1.807, 2.05) is 19.1 Å². The molecule has 1 heterocycles. The number of rotatable bonds is 7. The molecular weight excluding hydrogens is 411 g/mol. The van der Waals surface area contributed by atoms with Crippen molar-refractivity contribution in [2.45, 2.75) is 19.9 Å². The molecule has 6 nitrogen and oxygen atoms in total. The summed E-state index contributed by atoms with van der Waals surface area (Å²) in [4.78, 5) is 24.5. The van der Waals surface area contributed by atoms with Gasteiger partial charge in [0.05, 0.1) is 12.7 Å². The van der Waals surface area contributed by atoms with Gasteiger partial charge in [-0.3, -0.25) is 9.59 Å². The Kier molecular flexibility index (Phi) is 6.90. The van der Waals surface area contributed by atoms with Gasteiger partial charge in [0.25, 0.3) is 5.91 Å². The van der Waals surface area contributed by atoms with Crippen LogP contribution in [0, 0.1) is 6.92 Å². The van der Waals surface area contributed by atoms with Crippen LogP contribution in [0.4, 0.5) is 5.82 Å². The molecule has 0 fully saturated rings. The Morgan fingerprint density at radius 3 is 2.48 bits per heavy atom. The molecule has 0 aliphatic carbocycles. The molecule has 2 amide bonds. The molecular formula is C21H20Cl2N4O2. The van der Waals surface area contributed by atoms with E-state index in [1.165, 1.54) is 0 Å². The first-order chi connectivity index (χ1) is 14.0. The smallest absolute Gasteiger partial charge is 0.251 e. The maximum Gasteiger partial charge on any atom is 0.251 e. The highest BCUT2D eigenvalue weighted by atomic mass is 35.5. The SMILES string of the molecule is Cc1ccccc1C(=O)NCCC(=O)Nc1ccnn1Cc1c(Cl)cccc1Cl. The second-order valence-electron chi connectivity index (χ2n) is 6.44. The van der Waals surface area contributed by atoms with Crippen LogP contribution in [0.1, 0.15) is 27.9 Å². The van der Waals surface area contributed by atoms with E-state index < -0.39 is 0 Å². The number of hydrogen-bond acceptors (Lipinski definition) is 3. The lowest BCUT2D eigenvalue weighted by Gasteiger charge is -2.12. The lowest BCUT2D eigenvalue weighted by Crippen LogP contribution is -2.28. The fourth-order valence-corrected chi connectivity index (χ4v) is 3.33. The van der Waals surface area contributed by atoms with Crippen LogP contribution in [0.25, 0.3) is 0 Å². The van der Waals surface area contributed by atoms with Crippen molar-refractivity contribution in [3.63, 3.8) is 0 Å². The van der Waals surface area contributed by atoms with E-state index in [-0.39, 0.29) is 24.8 Å². The molecule has 0 saturated heterocycles. The topological polar surface area (TPSA) is 76.0 Å². The summed E-state index contributed by atoms with van der Waals surface area (Å²) in [7, 11) is 0. The van der Waals surface area contributed by atoms with Gasteiger partial charge in [-0.2, -0.15) is 5.10 Å². The predicted molar refractivity (Wildman–Crippen MR) is 115 cm³/mol. The van der Waals surface area contributed by atoms with Crippen molar-refractivity contribution in [3.8, 4) is 0 Å². The van der Waals surface area contributed by atoms with Gasteiger partial charge in [-0.1, -0.05) is 47.5 Å². The Balaban J connectivity index is 1.55. The molecule has 2 N–H and O–H groups in total. The van der Waals surface area contributed by atoms with Crippen molar-refractivity contribution in [2.24, 2.45) is 0 Å². The zero-order valence-electron chi connectivity index (χ0n) is 15.8. The van der Waals surface area contributed by atoms with Crippen LogP contribution in [-0.4, -0.2) is 28.1 Å². The molecule has 0 aliphatic heterocycles. The van der Waals surface area contributed by atoms with Crippen molar-refractivity contribution >= 4 is 40.8 Å². The van der Waals surface area contributed by atoms with E-state index in [0.717, 1.165) is 11.1 Å². The third kappa shape index (κ3) is 5.37. The second-order valence-corrected chi connectivity index (χ2v) is 7.26. The van der Waals surface area contributed by atoms with Gasteiger partial charge in [0.1, 0.15) is 5.82 Å². The molecule has 3 aromatic rings. The molecule has 150 valence electrons. The van der Waals surface area contributed by atoms with Crippen molar-refractivity contribution in [1.82, 2.24) is 15.1 Å². The van der Waals surface area contributed by atoms with Gasteiger partial charge in [-0.05, 0) is 30.7 Å². The first-order valence-electron chi connectivity index (χ1n) is 9.04. The number of halogens is 2. The molecule has 0 aliphatic rings. The first-order valence-corrected chi connectivity index (χ1v) is 9.79. The Morgan fingerprint density at radius 1 is 1.03 bits per heavy atom. The zero-order valence-corrected chi connectivity index (χ0v) is 17.3. The van der Waals surface area contributed by atoms with Crippen LogP contribution >= 0.6 is 23.2 Å². The number of nitrogens with zero attached hydrogens (tertiary/aromatic N) is 2. The van der Waals surface area contributed by atoms with Crippen LogP contribution < -0.4 is 10.6 Å². The van der Waals surface area contributed by atoms with Gasteiger partial charge in [-0.25, -0.2) is 4.68 Å². The van der Waals surface area contributed by atoms with Crippen LogP contribution in [0.15, 0.2) is 54.7 Å². The molecule has 0 radical (unpaired) electrons. The molecule has 3 rings (SSSR count). The highest BCUT2D eigenvalue weighted by molar-refractivity contribution is 6.36. The predicted octanol–water partition coefficient (Wildman–Crippen LogP) is 4.31. The fourth-order valence-electron chi connectivity index (χ4n) is 2.82. The van der Waals surface area contributed by atoms with Crippen molar-refractivity contribution in [3.05, 3.63) is 81.5 Å². The monoisotopic (exact) mass is 430 g/mol. The average Bonchev–Trinajstić information content (AvgIpc) is 3.11. The number of hydrogen-bond donors (Lipinski definition) is 2. The van der Waals surface area contributed by atoms with Gasteiger partial charge >= 0.3 is 0 Å². The Labute approximate surface area is 178 Å². The van der Waals surface area contributed by atoms with Crippen LogP contribution in [-0.2, 0) is 11.3 Å². The third-order valence-corrected chi connectivity index (χ3v) is 5.09. The van der Waals surface area contributed by atoms with E-state index >= 15 is 0 Å². The zero-order chi connectivity index (χ0) is 20.8. The van der Waals surface area contributed by atoms with Gasteiger partial charge in [-0.15, -0.1) is 0 Å². The lowest BCUT2D eigenvalue weighted by atomic mass is 10.1. The summed E-state index contributed by atoms with van der Waals surface area (Å²) < 4.78 is 1.61. The van der Waals surface area contributed by atoms with Gasteiger partial charge in [0, 0.05) is 40.2 Å². The normalized spacial score (nSPS) is 10.6. The summed E-state index contributed by atoms with van der Waals surface area (Å²) in [6.07, 6.45) is 1.72. The molecule has 2 aromatic carbocycles. The van der Waals surface area contributed by atoms with E-state index in [0.29, 0.717) is 28.0 Å². The minimum atomic E-state index is -0.234. The Hall–Kier alpha value is -2.83. The number of aromatic nitrogens is 2. The number of benzene rings is 2. The molecule has 0 bridgehead atoms. The molecule has 0 unspecified atom stereocenters. The number of carbonyl (C=O) groups is 2. The highest BCUT2D eigenvalue weighted by Gasteiger charge is 2.13. The maximum atomic E-state index is 12.3. The van der Waals surface area contributed by atoms with E-state index in [2.05, 4.69) is 15.7 Å². The second kappa shape index (κ2) is 9.58. The Bertz CT molecular complexity index is 1010. The van der Waals surface area contributed by atoms with Crippen LogP contribution in [0.3, 0.4) is 0 Å². The number of nitrogens with one attached hydrogen (secondary N) is 2. The summed E-state index contributed by atoms with van der Waals surface area (Å²) in [6, 6.07) is 14.3. The van der Waals surface area contributed by atoms with E-state index in [4.69, 9.17) is 23.2 Å². The van der Waals surface area contributed by atoms with E-state index in [9.17, 15) is 9.59 Å². The standard InChI is InChI=1S/C21H20Cl2N4O2/c1-14-5-2-3-6-15(14)21(29)24-11-10-20(28)26-19-9-12-25-27(19)13-16-17(22)7-4-8-18(16)23/h2-9,12H,10-11,13H2,1H3,(H,24,29)(H,26,28). The molecule has 8 heteroatoms. The lowest BCUT2D eigenvalue weighted by molar-refractivity contribution is -0.116. The number of aryl methyl sites for hydroxylation is 1. The third-order valence-electron chi connectivity index (χ3n) is 4.38. The summed E-state index contributed by atoms with van der Waals surface area (Å²) >= 11 is 12.4. The Morgan fingerprint density at radius 2 is 1.76 bits per heavy atom. The van der Waals surface area contributed by atoms with Gasteiger partial charge in [0.2, 0.25) is 5.91 Å². The van der Waals surface area contributed by atoms with Crippen LogP contribution in [0.2, 0.25) is 10.0 Å². The summed E-state index contributed by atoms with van der Waals surface area (Å²) in [5.41, 5.74) is 2.21. The number of anilines is 1. The minimum absolute atomic E-state index is 0.135. The van der Waals surface area contributed by atoms with Crippen molar-refractivity contribution < 1.29 is 9.59 Å². The maximum absolute atomic E-state index is 12.3. The average molecular weight is 431 g/mol. The molecule has 1 aromatic heterocycles. The number of amides is 2. The summed E-state index contributed by atoms with van der Waals surface area (Å²) in [5, 5.41) is 10.8. The summed E-state index contributed by atoms with van der Waals surface area (Å²) in [6.45, 7) is 2.42. The molecule has 0 saturated carbocycles. The van der Waals surface area contributed by atoms with Crippen molar-refractivity contribution in [1.29, 1.82) is 0 Å². The van der Waals surface area contributed by atoms with Gasteiger partial charge < -0.3 is 10.6 Å². The first kappa shape index (κ1) is 20.9. The molecule has 29 heavy (non-hydrogen) atoms. The van der Waals surface area contributed by atoms with Crippen LogP contribution in [0.5, 0.6) is 0 Å². The highest BCUT2D eigenvalue weighted by Crippen LogP contribution is 2.26. The van der Waals surface area contributed by atoms with Gasteiger partial charge in [0.15, 0.2) is 0 Å².